The Balaban J connectivity index is 1.13. The molecule has 2 aliphatic heterocycles. The third-order valence-electron chi connectivity index (χ3n) is 9.11. The molecule has 2 saturated carbocycles. The number of thiazole rings is 1. The number of hydrogen-bond donors (Lipinski definition) is 2. The predicted molar refractivity (Wildman–Crippen MR) is 163 cm³/mol. The van der Waals surface area contributed by atoms with Gasteiger partial charge in [-0.1, -0.05) is 46.7 Å². The standard InChI is InChI=1S/C30H25Cl2N3O6S2/c1-2-41-29(39)12-6-8-13(9-7-12)33-18(36)11-35-27(37)21-15-10-16(22(21)28(35)38)24-20(15)19(14-4-3-5-17(31)23(14)32)25-26(42-24)34-30(40)43-25/h3-9,15-16,19-22,24H,2,10-11H2,1H3,(H,33,36)(H,34,40)/t15?,16?,19-,20?,21?,22?,24?/m1/s1. The van der Waals surface area contributed by atoms with Gasteiger partial charge >= 0.3 is 10.8 Å². The Bertz CT molecular complexity index is 1740. The van der Waals surface area contributed by atoms with Crippen LogP contribution in [0.3, 0.4) is 0 Å². The number of imide groups is 1. The van der Waals surface area contributed by atoms with E-state index in [4.69, 9.17) is 27.9 Å². The van der Waals surface area contributed by atoms with E-state index in [0.29, 0.717) is 21.3 Å². The normalized spacial score (nSPS) is 28.4. The zero-order chi connectivity index (χ0) is 30.2. The third-order valence-corrected chi connectivity index (χ3v) is 12.5. The topological polar surface area (TPSA) is 126 Å². The van der Waals surface area contributed by atoms with Gasteiger partial charge in [0, 0.05) is 21.7 Å². The van der Waals surface area contributed by atoms with Crippen molar-refractivity contribution in [3.63, 3.8) is 0 Å². The van der Waals surface area contributed by atoms with Crippen molar-refractivity contribution < 1.29 is 23.9 Å². The molecule has 3 fully saturated rings. The van der Waals surface area contributed by atoms with Crippen LogP contribution in [0.15, 0.2) is 52.3 Å². The molecule has 1 aromatic heterocycles. The van der Waals surface area contributed by atoms with Gasteiger partial charge in [-0.2, -0.15) is 0 Å². The highest BCUT2D eigenvalue weighted by Crippen LogP contribution is 2.69. The summed E-state index contributed by atoms with van der Waals surface area (Å²) < 4.78 is 4.98. The average molecular weight is 659 g/mol. The van der Waals surface area contributed by atoms with Gasteiger partial charge < -0.3 is 15.0 Å². The third kappa shape index (κ3) is 4.54. The molecule has 3 heterocycles. The lowest BCUT2D eigenvalue weighted by Crippen LogP contribution is -2.42. The van der Waals surface area contributed by atoms with Crippen LogP contribution in [0.2, 0.25) is 10.0 Å². The average Bonchev–Trinajstić information content (AvgIpc) is 3.71. The number of likely N-dealkylation sites (tertiary alicyclic amines) is 1. The number of anilines is 1. The van der Waals surface area contributed by atoms with Crippen molar-refractivity contribution in [3.05, 3.63) is 78.2 Å². The minimum atomic E-state index is -0.534. The number of carbonyl (C=O) groups excluding carboxylic acids is 4. The maximum absolute atomic E-state index is 13.8. The van der Waals surface area contributed by atoms with Crippen molar-refractivity contribution in [1.82, 2.24) is 9.88 Å². The molecular formula is C30H25Cl2N3O6S2. The number of ether oxygens (including phenoxy) is 1. The fourth-order valence-corrected chi connectivity index (χ4v) is 10.9. The molecule has 3 amide bonds. The number of esters is 1. The molecule has 7 rings (SSSR count). The van der Waals surface area contributed by atoms with E-state index in [1.54, 1.807) is 36.9 Å². The lowest BCUT2D eigenvalue weighted by Gasteiger charge is -2.43. The number of aromatic amines is 1. The Morgan fingerprint density at radius 1 is 1.05 bits per heavy atom. The molecule has 43 heavy (non-hydrogen) atoms. The van der Waals surface area contributed by atoms with Crippen molar-refractivity contribution in [1.29, 1.82) is 0 Å². The number of hydrogen-bond acceptors (Lipinski definition) is 8. The Labute approximate surface area is 264 Å². The Kier molecular flexibility index (Phi) is 7.19. The molecule has 6 unspecified atom stereocenters. The van der Waals surface area contributed by atoms with Gasteiger partial charge in [0.05, 0.1) is 39.1 Å². The SMILES string of the molecule is CCOC(=O)c1ccc(NC(=O)CN2C(=O)C3C4CC(C3C2=O)C2C4Sc3[nH]c(=O)sc3[C@@H]2c2cccc(Cl)c2Cl)cc1. The summed E-state index contributed by atoms with van der Waals surface area (Å²) in [5.41, 5.74) is 1.59. The van der Waals surface area contributed by atoms with Gasteiger partial charge in [-0.15, -0.1) is 11.8 Å². The van der Waals surface area contributed by atoms with Crippen molar-refractivity contribution in [2.45, 2.75) is 29.5 Å². The van der Waals surface area contributed by atoms with Crippen LogP contribution in [-0.4, -0.2) is 52.0 Å². The van der Waals surface area contributed by atoms with Crippen LogP contribution in [0, 0.1) is 29.6 Å². The number of halogens is 2. The molecule has 2 N–H and O–H groups in total. The fraction of sp³-hybridized carbons (Fsp3) is 0.367. The summed E-state index contributed by atoms with van der Waals surface area (Å²) in [5.74, 6) is -3.14. The number of thioether (sulfide) groups is 1. The Hall–Kier alpha value is -3.12. The first-order valence-corrected chi connectivity index (χ1v) is 16.4. The van der Waals surface area contributed by atoms with Crippen LogP contribution in [0.4, 0.5) is 5.69 Å². The van der Waals surface area contributed by atoms with Gasteiger partial charge in [-0.05, 0) is 67.0 Å². The highest BCUT2D eigenvalue weighted by atomic mass is 35.5. The Morgan fingerprint density at radius 2 is 1.77 bits per heavy atom. The summed E-state index contributed by atoms with van der Waals surface area (Å²) in [4.78, 5) is 69.6. The van der Waals surface area contributed by atoms with E-state index in [1.165, 1.54) is 12.1 Å². The number of fused-ring (bicyclic) bond motifs is 9. The van der Waals surface area contributed by atoms with Crippen LogP contribution in [0.25, 0.3) is 0 Å². The van der Waals surface area contributed by atoms with Gasteiger partial charge in [0.1, 0.15) is 6.54 Å². The zero-order valence-electron chi connectivity index (χ0n) is 22.7. The van der Waals surface area contributed by atoms with E-state index in [9.17, 15) is 24.0 Å². The van der Waals surface area contributed by atoms with Crippen LogP contribution in [-0.2, 0) is 19.1 Å². The molecule has 2 aromatic carbocycles. The minimum Gasteiger partial charge on any atom is -0.462 e. The monoisotopic (exact) mass is 657 g/mol. The molecule has 4 aliphatic rings. The number of benzene rings is 2. The summed E-state index contributed by atoms with van der Waals surface area (Å²) in [6.45, 7) is 1.58. The van der Waals surface area contributed by atoms with Crippen molar-refractivity contribution in [2.75, 3.05) is 18.5 Å². The smallest absolute Gasteiger partial charge is 0.338 e. The molecule has 9 nitrogen and oxygen atoms in total. The minimum absolute atomic E-state index is 0.00696. The second-order valence-electron chi connectivity index (χ2n) is 11.2. The summed E-state index contributed by atoms with van der Waals surface area (Å²) in [6, 6.07) is 11.7. The lowest BCUT2D eigenvalue weighted by atomic mass is 9.68. The second kappa shape index (κ2) is 10.8. The number of amides is 3. The van der Waals surface area contributed by atoms with E-state index in [2.05, 4.69) is 10.3 Å². The zero-order valence-corrected chi connectivity index (χ0v) is 25.8. The van der Waals surface area contributed by atoms with E-state index >= 15 is 0 Å². The molecule has 3 aromatic rings. The first-order chi connectivity index (χ1) is 20.7. The highest BCUT2D eigenvalue weighted by molar-refractivity contribution is 8.00. The predicted octanol–water partition coefficient (Wildman–Crippen LogP) is 5.03. The molecule has 1 saturated heterocycles. The van der Waals surface area contributed by atoms with E-state index in [0.717, 1.165) is 38.1 Å². The van der Waals surface area contributed by atoms with Gasteiger partial charge in [-0.3, -0.25) is 24.1 Å². The van der Waals surface area contributed by atoms with Crippen LogP contribution >= 0.6 is 46.3 Å². The number of carbonyl (C=O) groups is 4. The molecule has 222 valence electrons. The van der Waals surface area contributed by atoms with Gasteiger partial charge in [0.25, 0.3) is 0 Å². The largest absolute Gasteiger partial charge is 0.462 e. The molecule has 7 atom stereocenters. The molecule has 2 aliphatic carbocycles. The van der Waals surface area contributed by atoms with Crippen molar-refractivity contribution in [2.24, 2.45) is 29.6 Å². The van der Waals surface area contributed by atoms with Crippen LogP contribution in [0.5, 0.6) is 0 Å². The first-order valence-electron chi connectivity index (χ1n) is 13.9. The second-order valence-corrected chi connectivity index (χ2v) is 14.2. The van der Waals surface area contributed by atoms with E-state index in [1.807, 2.05) is 12.1 Å². The first kappa shape index (κ1) is 28.6. The molecule has 13 heteroatoms. The number of H-pyrrole nitrogens is 1. The van der Waals surface area contributed by atoms with E-state index in [-0.39, 0.29) is 52.2 Å². The van der Waals surface area contributed by atoms with Gasteiger partial charge in [0.15, 0.2) is 0 Å². The summed E-state index contributed by atoms with van der Waals surface area (Å²) in [7, 11) is 0. The lowest BCUT2D eigenvalue weighted by molar-refractivity contribution is -0.143. The van der Waals surface area contributed by atoms with E-state index < -0.39 is 30.3 Å². The number of nitrogens with one attached hydrogen (secondary N) is 2. The molecule has 0 radical (unpaired) electrons. The van der Waals surface area contributed by atoms with Gasteiger partial charge in [-0.25, -0.2) is 4.79 Å². The number of aromatic nitrogens is 1. The van der Waals surface area contributed by atoms with Crippen LogP contribution in [0.1, 0.15) is 40.1 Å². The fourth-order valence-electron chi connectivity index (χ4n) is 7.59. The molecular weight excluding hydrogens is 633 g/mol. The quantitative estimate of drug-likeness (QED) is 0.281. The van der Waals surface area contributed by atoms with Crippen LogP contribution < -0.4 is 10.2 Å². The summed E-state index contributed by atoms with van der Waals surface area (Å²) >= 11 is 15.9. The van der Waals surface area contributed by atoms with Crippen molar-refractivity contribution >= 4 is 75.7 Å². The maximum atomic E-state index is 13.8. The Morgan fingerprint density at radius 3 is 2.49 bits per heavy atom. The summed E-state index contributed by atoms with van der Waals surface area (Å²) in [5, 5.41) is 4.33. The number of nitrogens with zero attached hydrogens (tertiary/aromatic N) is 1. The molecule has 2 bridgehead atoms. The summed E-state index contributed by atoms with van der Waals surface area (Å²) in [6.07, 6.45) is 0.718. The van der Waals surface area contributed by atoms with Crippen molar-refractivity contribution in [3.8, 4) is 0 Å². The van der Waals surface area contributed by atoms with Gasteiger partial charge in [0.2, 0.25) is 17.7 Å². The maximum Gasteiger partial charge on any atom is 0.338 e. The highest BCUT2D eigenvalue weighted by Gasteiger charge is 2.69. The number of rotatable bonds is 6. The molecule has 0 spiro atoms.